The van der Waals surface area contributed by atoms with E-state index in [1.807, 2.05) is 6.92 Å². The lowest BCUT2D eigenvalue weighted by atomic mass is 10.1. The predicted octanol–water partition coefficient (Wildman–Crippen LogP) is 2.08. The van der Waals surface area contributed by atoms with Crippen LogP contribution in [0.3, 0.4) is 0 Å². The summed E-state index contributed by atoms with van der Waals surface area (Å²) in [6, 6.07) is 8.40. The van der Waals surface area contributed by atoms with Crippen molar-refractivity contribution in [2.24, 2.45) is 5.73 Å². The molecule has 0 unspecified atom stereocenters. The highest BCUT2D eigenvalue weighted by Crippen LogP contribution is 2.20. The van der Waals surface area contributed by atoms with Gasteiger partial charge in [-0.25, -0.2) is 4.98 Å². The summed E-state index contributed by atoms with van der Waals surface area (Å²) < 4.78 is 6.77. The van der Waals surface area contributed by atoms with Crippen molar-refractivity contribution in [3.63, 3.8) is 0 Å². The first kappa shape index (κ1) is 19.2. The lowest BCUT2D eigenvalue weighted by molar-refractivity contribution is 0.100. The fourth-order valence-electron chi connectivity index (χ4n) is 3.04. The van der Waals surface area contributed by atoms with Crippen molar-refractivity contribution >= 4 is 28.4 Å². The van der Waals surface area contributed by atoms with Gasteiger partial charge in [0.1, 0.15) is 12.2 Å². The van der Waals surface area contributed by atoms with E-state index >= 15 is 0 Å². The lowest BCUT2D eigenvalue weighted by Crippen LogP contribution is -2.17. The summed E-state index contributed by atoms with van der Waals surface area (Å²) in [6.45, 7) is 3.98. The molecule has 3 heterocycles. The highest BCUT2D eigenvalue weighted by Gasteiger charge is 2.17. The Bertz CT molecular complexity index is 1260. The van der Waals surface area contributed by atoms with E-state index in [-0.39, 0.29) is 17.8 Å². The molecule has 3 aromatic heterocycles. The average Bonchev–Trinajstić information content (AvgIpc) is 3.33. The normalized spacial score (nSPS) is 11.0. The monoisotopic (exact) mass is 405 g/mol. The molecule has 0 fully saturated rings. The number of primary amides is 1. The zero-order chi connectivity index (χ0) is 21.3. The minimum atomic E-state index is -0.627. The van der Waals surface area contributed by atoms with Crippen LogP contribution in [0.25, 0.3) is 10.9 Å². The summed E-state index contributed by atoms with van der Waals surface area (Å²) in [6.07, 6.45) is 2.34. The molecule has 0 bridgehead atoms. The largest absolute Gasteiger partial charge is 0.366 e. The van der Waals surface area contributed by atoms with Gasteiger partial charge < -0.3 is 15.6 Å². The first-order valence-electron chi connectivity index (χ1n) is 9.31. The molecule has 4 aromatic rings. The Balaban J connectivity index is 1.58. The van der Waals surface area contributed by atoms with Gasteiger partial charge in [-0.1, -0.05) is 30.3 Å². The number of nitrogens with two attached hydrogens (primary N) is 1. The molecule has 0 spiro atoms. The minimum Gasteiger partial charge on any atom is -0.366 e. The third-order valence-corrected chi connectivity index (χ3v) is 4.53. The summed E-state index contributed by atoms with van der Waals surface area (Å²) in [7, 11) is 0. The van der Waals surface area contributed by atoms with E-state index in [9.17, 15) is 9.59 Å². The summed E-state index contributed by atoms with van der Waals surface area (Å²) >= 11 is 0. The van der Waals surface area contributed by atoms with Crippen LogP contribution < -0.4 is 11.1 Å². The molecule has 4 rings (SSSR count). The Labute approximate surface area is 171 Å². The molecule has 0 aliphatic rings. The quantitative estimate of drug-likeness (QED) is 0.500. The second-order valence-electron chi connectivity index (χ2n) is 6.67. The number of aryl methyl sites for hydroxylation is 2. The Kier molecular flexibility index (Phi) is 4.97. The highest BCUT2D eigenvalue weighted by molar-refractivity contribution is 6.10. The Morgan fingerprint density at radius 2 is 2.03 bits per heavy atom. The number of hydrogen-bond donors (Lipinski definition) is 2. The molecular weight excluding hydrogens is 386 g/mol. The fraction of sp³-hybridized carbons (Fsp3) is 0.200. The van der Waals surface area contributed by atoms with E-state index in [1.54, 1.807) is 42.1 Å². The first-order chi connectivity index (χ1) is 14.4. The Morgan fingerprint density at radius 3 is 2.77 bits per heavy atom. The number of nitrogens with one attached hydrogen (secondary N) is 1. The van der Waals surface area contributed by atoms with Gasteiger partial charge in [0.2, 0.25) is 11.8 Å². The summed E-state index contributed by atoms with van der Waals surface area (Å²) in [5, 5.41) is 11.6. The van der Waals surface area contributed by atoms with E-state index in [1.165, 1.54) is 6.07 Å². The molecule has 0 aliphatic heterocycles. The van der Waals surface area contributed by atoms with Crippen molar-refractivity contribution in [2.45, 2.75) is 26.8 Å². The third kappa shape index (κ3) is 3.75. The number of rotatable bonds is 6. The number of para-hydroxylation sites is 1. The van der Waals surface area contributed by atoms with E-state index in [0.29, 0.717) is 40.4 Å². The van der Waals surface area contributed by atoms with Crippen LogP contribution in [-0.2, 0) is 13.0 Å². The van der Waals surface area contributed by atoms with Gasteiger partial charge >= 0.3 is 0 Å². The number of carbonyl (C=O) groups is 2. The molecule has 0 aliphatic carbocycles. The molecule has 152 valence electrons. The second kappa shape index (κ2) is 7.74. The molecule has 0 saturated carbocycles. The number of aromatic nitrogens is 5. The topological polar surface area (TPSA) is 142 Å². The van der Waals surface area contributed by atoms with Gasteiger partial charge in [-0.15, -0.1) is 0 Å². The summed E-state index contributed by atoms with van der Waals surface area (Å²) in [4.78, 5) is 33.2. The van der Waals surface area contributed by atoms with Gasteiger partial charge in [0.25, 0.3) is 5.91 Å². The maximum Gasteiger partial charge on any atom is 0.274 e. The predicted molar refractivity (Wildman–Crippen MR) is 108 cm³/mol. The number of fused-ring (bicyclic) bond motifs is 1. The fourth-order valence-corrected chi connectivity index (χ4v) is 3.04. The van der Waals surface area contributed by atoms with Crippen molar-refractivity contribution in [1.82, 2.24) is 24.9 Å². The molecule has 10 heteroatoms. The molecule has 0 saturated heterocycles. The number of benzene rings is 1. The first-order valence-corrected chi connectivity index (χ1v) is 9.31. The molecular formula is C20H19N7O3. The Hall–Kier alpha value is -4.08. The van der Waals surface area contributed by atoms with Crippen LogP contribution >= 0.6 is 0 Å². The molecule has 2 amide bonds. The van der Waals surface area contributed by atoms with Gasteiger partial charge in [0.15, 0.2) is 5.82 Å². The highest BCUT2D eigenvalue weighted by atomic mass is 16.5. The molecule has 10 nitrogen and oxygen atoms in total. The van der Waals surface area contributed by atoms with Gasteiger partial charge in [-0.2, -0.15) is 10.1 Å². The van der Waals surface area contributed by atoms with Crippen LogP contribution in [0.2, 0.25) is 0 Å². The average molecular weight is 405 g/mol. The zero-order valence-electron chi connectivity index (χ0n) is 16.4. The van der Waals surface area contributed by atoms with Gasteiger partial charge in [0.05, 0.1) is 22.5 Å². The van der Waals surface area contributed by atoms with E-state index in [4.69, 9.17) is 10.3 Å². The minimum absolute atomic E-state index is 0.0825. The van der Waals surface area contributed by atoms with Gasteiger partial charge in [-0.3, -0.25) is 14.3 Å². The van der Waals surface area contributed by atoms with Crippen LogP contribution in [-0.4, -0.2) is 36.7 Å². The van der Waals surface area contributed by atoms with Crippen LogP contribution in [0, 0.1) is 6.92 Å². The van der Waals surface area contributed by atoms with Crippen molar-refractivity contribution in [2.75, 3.05) is 5.32 Å². The maximum absolute atomic E-state index is 12.8. The molecule has 1 aromatic carbocycles. The number of anilines is 1. The molecule has 30 heavy (non-hydrogen) atoms. The third-order valence-electron chi connectivity index (χ3n) is 4.53. The molecule has 0 atom stereocenters. The smallest absolute Gasteiger partial charge is 0.274 e. The standard InChI is InChI=1S/C20H19N7O3/c1-3-17-24-18(30-26-17)10-27-9-16(11(2)25-27)23-20(29)15-8-13(19(21)28)12-6-4-5-7-14(12)22-15/h4-9H,3,10H2,1-2H3,(H2,21,28)(H,23,29). The van der Waals surface area contributed by atoms with Crippen LogP contribution in [0.4, 0.5) is 5.69 Å². The lowest BCUT2D eigenvalue weighted by Gasteiger charge is -2.07. The van der Waals surface area contributed by atoms with Crippen molar-refractivity contribution in [3.05, 3.63) is 65.2 Å². The van der Waals surface area contributed by atoms with Gasteiger partial charge in [0, 0.05) is 18.0 Å². The summed E-state index contributed by atoms with van der Waals surface area (Å²) in [5.41, 5.74) is 7.42. The number of pyridine rings is 1. The Morgan fingerprint density at radius 1 is 1.23 bits per heavy atom. The number of carbonyl (C=O) groups excluding carboxylic acids is 2. The van der Waals surface area contributed by atoms with Crippen LogP contribution in [0.5, 0.6) is 0 Å². The van der Waals surface area contributed by atoms with Crippen molar-refractivity contribution in [3.8, 4) is 0 Å². The number of hydrogen-bond acceptors (Lipinski definition) is 7. The van der Waals surface area contributed by atoms with Crippen LogP contribution in [0.15, 0.2) is 41.1 Å². The second-order valence-corrected chi connectivity index (χ2v) is 6.67. The zero-order valence-corrected chi connectivity index (χ0v) is 16.4. The van der Waals surface area contributed by atoms with Gasteiger partial charge in [-0.05, 0) is 19.1 Å². The molecule has 3 N–H and O–H groups in total. The van der Waals surface area contributed by atoms with Crippen molar-refractivity contribution < 1.29 is 14.1 Å². The van der Waals surface area contributed by atoms with E-state index < -0.39 is 11.8 Å². The van der Waals surface area contributed by atoms with Crippen molar-refractivity contribution in [1.29, 1.82) is 0 Å². The summed E-state index contributed by atoms with van der Waals surface area (Å²) in [5.74, 6) is -0.0563. The molecule has 0 radical (unpaired) electrons. The van der Waals surface area contributed by atoms with E-state index in [2.05, 4.69) is 25.5 Å². The number of amides is 2. The maximum atomic E-state index is 12.8. The SMILES string of the molecule is CCc1noc(Cn2cc(NC(=O)c3cc(C(N)=O)c4ccccc4n3)c(C)n2)n1. The number of nitrogens with zero attached hydrogens (tertiary/aromatic N) is 5. The van der Waals surface area contributed by atoms with E-state index in [0.717, 1.165) is 0 Å². The van der Waals surface area contributed by atoms with Crippen LogP contribution in [0.1, 0.15) is 45.2 Å².